The van der Waals surface area contributed by atoms with E-state index in [0.29, 0.717) is 38.6 Å². The van der Waals surface area contributed by atoms with Gasteiger partial charge in [-0.2, -0.15) is 14.7 Å². The number of sulfonamides is 1. The van der Waals surface area contributed by atoms with Gasteiger partial charge in [0, 0.05) is 47.1 Å². The van der Waals surface area contributed by atoms with E-state index in [-0.39, 0.29) is 32.0 Å². The Morgan fingerprint density at radius 2 is 1.91 bits per heavy atom. The zero-order chi connectivity index (χ0) is 31.8. The van der Waals surface area contributed by atoms with Crippen molar-refractivity contribution in [1.82, 2.24) is 28.6 Å². The average molecular weight is 645 g/mol. The Balaban J connectivity index is 1.20. The van der Waals surface area contributed by atoms with Crippen molar-refractivity contribution < 1.29 is 17.9 Å². The van der Waals surface area contributed by atoms with Crippen LogP contribution in [0.2, 0.25) is 5.02 Å². The highest BCUT2D eigenvalue weighted by Gasteiger charge is 2.49. The molecular weight excluding hydrogens is 616 g/mol. The van der Waals surface area contributed by atoms with Crippen molar-refractivity contribution in [3.8, 4) is 17.3 Å². The lowest BCUT2D eigenvalue weighted by Gasteiger charge is -2.47. The molecule has 0 amide bonds. The number of nitriles is 1. The molecule has 0 saturated carbocycles. The Labute approximate surface area is 264 Å². The largest absolute Gasteiger partial charge is 0.440 e. The van der Waals surface area contributed by atoms with Crippen molar-refractivity contribution in [2.45, 2.75) is 32.5 Å². The zero-order valence-corrected chi connectivity index (χ0v) is 26.1. The normalized spacial score (nSPS) is 14.5. The molecule has 0 atom stereocenters. The van der Waals surface area contributed by atoms with Crippen LogP contribution in [0.5, 0.6) is 0 Å². The van der Waals surface area contributed by atoms with Crippen LogP contribution in [-0.2, 0) is 27.0 Å². The fourth-order valence-corrected chi connectivity index (χ4v) is 6.79. The van der Waals surface area contributed by atoms with Gasteiger partial charge in [-0.15, -0.1) is 0 Å². The van der Waals surface area contributed by atoms with Crippen LogP contribution in [0.25, 0.3) is 22.3 Å². The van der Waals surface area contributed by atoms with Gasteiger partial charge in [0.2, 0.25) is 10.0 Å². The van der Waals surface area contributed by atoms with Crippen molar-refractivity contribution >= 4 is 50.0 Å². The van der Waals surface area contributed by atoms with Crippen molar-refractivity contribution in [2.75, 3.05) is 24.2 Å². The van der Waals surface area contributed by atoms with E-state index in [4.69, 9.17) is 16.3 Å². The minimum Gasteiger partial charge on any atom is -0.440 e. The third-order valence-electron chi connectivity index (χ3n) is 8.02. The van der Waals surface area contributed by atoms with Crippen molar-refractivity contribution in [3.63, 3.8) is 0 Å². The first kappa shape index (κ1) is 30.3. The summed E-state index contributed by atoms with van der Waals surface area (Å²) in [5.41, 5.74) is 3.68. The summed E-state index contributed by atoms with van der Waals surface area (Å²) in [6.45, 7) is 3.76. The molecule has 1 N–H and O–H groups in total. The van der Waals surface area contributed by atoms with E-state index in [0.717, 1.165) is 11.3 Å². The predicted octanol–water partition coefficient (Wildman–Crippen LogP) is 5.09. The van der Waals surface area contributed by atoms with Crippen LogP contribution < -0.4 is 5.32 Å². The van der Waals surface area contributed by atoms with Gasteiger partial charge in [0.15, 0.2) is 6.73 Å². The van der Waals surface area contributed by atoms with Crippen LogP contribution in [0.15, 0.2) is 73.4 Å². The van der Waals surface area contributed by atoms with E-state index in [1.165, 1.54) is 10.6 Å². The van der Waals surface area contributed by atoms with Crippen LogP contribution in [0.4, 0.5) is 11.4 Å². The Hall–Kier alpha value is -4.77. The van der Waals surface area contributed by atoms with E-state index in [2.05, 4.69) is 26.5 Å². The maximum atomic E-state index is 13.2. The third-order valence-corrected chi connectivity index (χ3v) is 10.2. The number of fused-ring (bicyclic) bond motifs is 1. The molecule has 1 fully saturated rings. The lowest BCUT2D eigenvalue weighted by atomic mass is 9.89. The molecule has 14 heteroatoms. The molecule has 0 aliphatic carbocycles. The van der Waals surface area contributed by atoms with Crippen molar-refractivity contribution in [1.29, 1.82) is 5.26 Å². The molecule has 0 bridgehead atoms. The number of hydrogen-bond donors (Lipinski definition) is 1. The number of halogens is 1. The number of aromatic nitrogens is 5. The number of anilines is 2. The first-order chi connectivity index (χ1) is 21.7. The second kappa shape index (κ2) is 12.0. The smallest absolute Gasteiger partial charge is 0.341 e. The van der Waals surface area contributed by atoms with Crippen LogP contribution in [0.3, 0.4) is 0 Å². The van der Waals surface area contributed by atoms with E-state index in [9.17, 15) is 18.5 Å². The lowest BCUT2D eigenvalue weighted by Crippen LogP contribution is -2.64. The summed E-state index contributed by atoms with van der Waals surface area (Å²) in [4.78, 5) is 22.1. The van der Waals surface area contributed by atoms with Crippen LogP contribution in [0, 0.1) is 18.3 Å². The van der Waals surface area contributed by atoms with Gasteiger partial charge >= 0.3 is 5.97 Å². The van der Waals surface area contributed by atoms with E-state index in [1.54, 1.807) is 59.0 Å². The molecule has 45 heavy (non-hydrogen) atoms. The zero-order valence-electron chi connectivity index (χ0n) is 24.5. The number of benzene rings is 2. The number of ether oxygens (including phenoxy) is 1. The Kier molecular flexibility index (Phi) is 8.05. The molecule has 5 aromatic rings. The standard InChI is InChI=1S/C31H29ClN8O4S/c1-3-45(42,43)39-17-31(18-39,12-13-33)40-16-22(15-36-40)28-24-11-14-38(29(24)35-19-34-28)20-44-30(41)23-7-4-5-9-27(23)37-26-10-6-8-25(32)21(26)2/h4-11,14-16,19,37H,3,12,17-18,20H2,1-2H3. The van der Waals surface area contributed by atoms with E-state index >= 15 is 0 Å². The molecule has 4 heterocycles. The summed E-state index contributed by atoms with van der Waals surface area (Å²) in [6.07, 6.45) is 6.71. The van der Waals surface area contributed by atoms with Gasteiger partial charge in [-0.05, 0) is 49.7 Å². The Bertz CT molecular complexity index is 2060. The topological polar surface area (TPSA) is 148 Å². The van der Waals surface area contributed by atoms with Crippen LogP contribution in [-0.4, -0.2) is 61.9 Å². The summed E-state index contributed by atoms with van der Waals surface area (Å²) < 4.78 is 35.1. The number of esters is 1. The molecule has 1 aliphatic rings. The fourth-order valence-electron chi connectivity index (χ4n) is 5.38. The molecular formula is C31H29ClN8O4S. The van der Waals surface area contributed by atoms with Gasteiger partial charge in [0.1, 0.15) is 17.5 Å². The van der Waals surface area contributed by atoms with Gasteiger partial charge in [0.05, 0.1) is 41.4 Å². The molecule has 0 radical (unpaired) electrons. The Morgan fingerprint density at radius 1 is 1.13 bits per heavy atom. The number of carbonyl (C=O) groups is 1. The quantitative estimate of drug-likeness (QED) is 0.205. The number of rotatable bonds is 10. The van der Waals surface area contributed by atoms with Gasteiger partial charge in [-0.3, -0.25) is 9.25 Å². The van der Waals surface area contributed by atoms with Crippen molar-refractivity contribution in [3.05, 3.63) is 89.6 Å². The van der Waals surface area contributed by atoms with Gasteiger partial charge in [-0.1, -0.05) is 29.8 Å². The monoisotopic (exact) mass is 644 g/mol. The predicted molar refractivity (Wildman–Crippen MR) is 169 cm³/mol. The number of carbonyl (C=O) groups excluding carboxylic acids is 1. The highest BCUT2D eigenvalue weighted by atomic mass is 35.5. The summed E-state index contributed by atoms with van der Waals surface area (Å²) in [5, 5.41) is 18.6. The maximum absolute atomic E-state index is 13.2. The summed E-state index contributed by atoms with van der Waals surface area (Å²) >= 11 is 6.27. The third kappa shape index (κ3) is 5.64. The maximum Gasteiger partial charge on any atom is 0.341 e. The molecule has 0 unspecified atom stereocenters. The molecule has 1 saturated heterocycles. The molecule has 1 aliphatic heterocycles. The van der Waals surface area contributed by atoms with Crippen molar-refractivity contribution in [2.24, 2.45) is 0 Å². The second-order valence-electron chi connectivity index (χ2n) is 10.8. The first-order valence-electron chi connectivity index (χ1n) is 14.1. The minimum absolute atomic E-state index is 0.00266. The highest BCUT2D eigenvalue weighted by Crippen LogP contribution is 2.36. The summed E-state index contributed by atoms with van der Waals surface area (Å²) in [7, 11) is -3.36. The number of nitrogens with one attached hydrogen (secondary N) is 1. The van der Waals surface area contributed by atoms with Crippen LogP contribution >= 0.6 is 11.6 Å². The van der Waals surface area contributed by atoms with Gasteiger partial charge < -0.3 is 10.1 Å². The summed E-state index contributed by atoms with van der Waals surface area (Å²) in [5.74, 6) is -0.519. The van der Waals surface area contributed by atoms with E-state index < -0.39 is 21.5 Å². The van der Waals surface area contributed by atoms with Crippen LogP contribution in [0.1, 0.15) is 29.3 Å². The molecule has 12 nitrogen and oxygen atoms in total. The lowest BCUT2D eigenvalue weighted by molar-refractivity contribution is 0.0380. The number of nitrogens with zero attached hydrogens (tertiary/aromatic N) is 7. The van der Waals surface area contributed by atoms with Gasteiger partial charge in [0.25, 0.3) is 0 Å². The molecule has 3 aromatic heterocycles. The number of hydrogen-bond acceptors (Lipinski definition) is 9. The first-order valence-corrected chi connectivity index (χ1v) is 16.1. The van der Waals surface area contributed by atoms with E-state index in [1.807, 2.05) is 31.2 Å². The fraction of sp³-hybridized carbons (Fsp3) is 0.258. The average Bonchev–Trinajstić information content (AvgIpc) is 3.68. The summed E-state index contributed by atoms with van der Waals surface area (Å²) in [6, 6.07) is 16.6. The van der Waals surface area contributed by atoms with Gasteiger partial charge in [-0.25, -0.2) is 23.2 Å². The second-order valence-corrected chi connectivity index (χ2v) is 13.5. The molecule has 230 valence electrons. The highest BCUT2D eigenvalue weighted by molar-refractivity contribution is 7.89. The molecule has 0 spiro atoms. The molecule has 6 rings (SSSR count). The number of para-hydroxylation sites is 1. The molecule has 2 aromatic carbocycles. The Morgan fingerprint density at radius 3 is 2.69 bits per heavy atom. The minimum atomic E-state index is -3.36. The SMILES string of the molecule is CCS(=O)(=O)N1CC(CC#N)(n2cc(-c3ncnc4c3ccn4COC(=O)c3ccccc3Nc3cccc(Cl)c3C)cn2)C1.